The van der Waals surface area contributed by atoms with Gasteiger partial charge in [0.2, 0.25) is 0 Å². The Morgan fingerprint density at radius 3 is 3.15 bits per heavy atom. The summed E-state index contributed by atoms with van der Waals surface area (Å²) < 4.78 is 5.79. The van der Waals surface area contributed by atoms with Crippen molar-refractivity contribution in [3.05, 3.63) is 30.1 Å². The highest BCUT2D eigenvalue weighted by molar-refractivity contribution is 5.23. The first kappa shape index (κ1) is 7.51. The number of aromatic nitrogens is 1. The number of fused-ring (bicyclic) bond motifs is 1. The van der Waals surface area contributed by atoms with Gasteiger partial charge in [-0.3, -0.25) is 4.98 Å². The van der Waals surface area contributed by atoms with Crippen molar-refractivity contribution in [2.45, 2.75) is 37.4 Å². The third-order valence-electron chi connectivity index (χ3n) is 3.18. The summed E-state index contributed by atoms with van der Waals surface area (Å²) in [6.45, 7) is 0. The SMILES string of the molecule is c1ccc([C@@]23CCCC[C@@H]2O3)nc1. The van der Waals surface area contributed by atoms with Gasteiger partial charge in [-0.05, 0) is 31.4 Å². The van der Waals surface area contributed by atoms with Crippen molar-refractivity contribution in [3.63, 3.8) is 0 Å². The van der Waals surface area contributed by atoms with Crippen LogP contribution < -0.4 is 0 Å². The van der Waals surface area contributed by atoms with E-state index < -0.39 is 0 Å². The fourth-order valence-corrected chi connectivity index (χ4v) is 2.42. The molecule has 0 radical (unpaired) electrons. The van der Waals surface area contributed by atoms with Crippen LogP contribution in [0.4, 0.5) is 0 Å². The van der Waals surface area contributed by atoms with E-state index >= 15 is 0 Å². The summed E-state index contributed by atoms with van der Waals surface area (Å²) in [7, 11) is 0. The third kappa shape index (κ3) is 1.02. The topological polar surface area (TPSA) is 25.4 Å². The molecule has 2 aliphatic rings. The molecule has 2 atom stereocenters. The molecular formula is C11H13NO. The first-order valence-electron chi connectivity index (χ1n) is 5.01. The smallest absolute Gasteiger partial charge is 0.136 e. The molecule has 1 aromatic heterocycles. The molecule has 1 saturated carbocycles. The first-order chi connectivity index (χ1) is 6.42. The van der Waals surface area contributed by atoms with Gasteiger partial charge >= 0.3 is 0 Å². The van der Waals surface area contributed by atoms with E-state index in [1.54, 1.807) is 0 Å². The second kappa shape index (κ2) is 2.55. The number of rotatable bonds is 1. The molecule has 2 heterocycles. The molecule has 2 heteroatoms. The molecule has 1 saturated heterocycles. The van der Waals surface area contributed by atoms with Gasteiger partial charge in [0.15, 0.2) is 0 Å². The van der Waals surface area contributed by atoms with Gasteiger partial charge in [0.05, 0.1) is 11.8 Å². The lowest BCUT2D eigenvalue weighted by Gasteiger charge is -2.15. The number of hydrogen-bond donors (Lipinski definition) is 0. The van der Waals surface area contributed by atoms with Crippen LogP contribution in [0.3, 0.4) is 0 Å². The van der Waals surface area contributed by atoms with Gasteiger partial charge in [-0.25, -0.2) is 0 Å². The van der Waals surface area contributed by atoms with Gasteiger partial charge in [0.1, 0.15) is 5.60 Å². The minimum Gasteiger partial charge on any atom is -0.359 e. The zero-order valence-electron chi connectivity index (χ0n) is 7.57. The van der Waals surface area contributed by atoms with E-state index in [9.17, 15) is 0 Å². The van der Waals surface area contributed by atoms with Crippen molar-refractivity contribution in [2.75, 3.05) is 0 Å². The fourth-order valence-electron chi connectivity index (χ4n) is 2.42. The maximum atomic E-state index is 5.79. The summed E-state index contributed by atoms with van der Waals surface area (Å²) in [6.07, 6.45) is 7.31. The van der Waals surface area contributed by atoms with Crippen LogP contribution in [-0.4, -0.2) is 11.1 Å². The molecule has 1 aromatic rings. The van der Waals surface area contributed by atoms with E-state index in [0.717, 1.165) is 12.1 Å². The van der Waals surface area contributed by atoms with Crippen LogP contribution in [-0.2, 0) is 10.3 Å². The highest BCUT2D eigenvalue weighted by Gasteiger charge is 2.59. The van der Waals surface area contributed by atoms with Crippen LogP contribution in [0.5, 0.6) is 0 Å². The van der Waals surface area contributed by atoms with Gasteiger partial charge < -0.3 is 4.74 Å². The second-order valence-corrected chi connectivity index (χ2v) is 3.96. The predicted molar refractivity (Wildman–Crippen MR) is 49.3 cm³/mol. The van der Waals surface area contributed by atoms with E-state index in [0.29, 0.717) is 6.10 Å². The van der Waals surface area contributed by atoms with E-state index in [2.05, 4.69) is 11.1 Å². The Balaban J connectivity index is 1.94. The zero-order chi connectivity index (χ0) is 8.73. The van der Waals surface area contributed by atoms with Crippen LogP contribution in [0.1, 0.15) is 31.4 Å². The summed E-state index contributed by atoms with van der Waals surface area (Å²) in [5.41, 5.74) is 1.17. The van der Waals surface area contributed by atoms with Crippen molar-refractivity contribution in [1.82, 2.24) is 4.98 Å². The highest BCUT2D eigenvalue weighted by Crippen LogP contribution is 2.54. The standard InChI is InChI=1S/C11H13NO/c1-3-7-11(10(6-1)13-11)9-5-2-4-8-12-9/h2,4-5,8,10H,1,3,6-7H2/t10-,11-/m0/s1. The molecule has 13 heavy (non-hydrogen) atoms. The van der Waals surface area contributed by atoms with Crippen LogP contribution in [0.15, 0.2) is 24.4 Å². The van der Waals surface area contributed by atoms with Gasteiger partial charge in [0, 0.05) is 6.20 Å². The molecule has 3 rings (SSSR count). The molecule has 68 valence electrons. The number of hydrogen-bond acceptors (Lipinski definition) is 2. The average molecular weight is 175 g/mol. The molecule has 0 bridgehead atoms. The van der Waals surface area contributed by atoms with Crippen LogP contribution in [0.2, 0.25) is 0 Å². The van der Waals surface area contributed by atoms with Gasteiger partial charge in [-0.15, -0.1) is 0 Å². The maximum absolute atomic E-state index is 5.79. The van der Waals surface area contributed by atoms with Crippen LogP contribution in [0, 0.1) is 0 Å². The Bertz CT molecular complexity index is 311. The van der Waals surface area contributed by atoms with Crippen molar-refractivity contribution < 1.29 is 4.74 Å². The second-order valence-electron chi connectivity index (χ2n) is 3.96. The molecular weight excluding hydrogens is 162 g/mol. The molecule has 1 aliphatic carbocycles. The largest absolute Gasteiger partial charge is 0.359 e. The summed E-state index contributed by atoms with van der Waals surface area (Å²) in [6, 6.07) is 6.09. The van der Waals surface area contributed by atoms with Crippen LogP contribution in [0.25, 0.3) is 0 Å². The Kier molecular flexibility index (Phi) is 1.47. The number of ether oxygens (including phenoxy) is 1. The Labute approximate surface area is 77.9 Å². The van der Waals surface area contributed by atoms with Crippen molar-refractivity contribution >= 4 is 0 Å². The summed E-state index contributed by atoms with van der Waals surface area (Å²) in [5, 5.41) is 0. The van der Waals surface area contributed by atoms with Crippen LogP contribution >= 0.6 is 0 Å². The van der Waals surface area contributed by atoms with Gasteiger partial charge in [-0.1, -0.05) is 12.5 Å². The third-order valence-corrected chi connectivity index (χ3v) is 3.18. The molecule has 0 amide bonds. The number of pyridine rings is 1. The molecule has 2 nitrogen and oxygen atoms in total. The van der Waals surface area contributed by atoms with Gasteiger partial charge in [-0.2, -0.15) is 0 Å². The van der Waals surface area contributed by atoms with Gasteiger partial charge in [0.25, 0.3) is 0 Å². The number of nitrogens with zero attached hydrogens (tertiary/aromatic N) is 1. The zero-order valence-corrected chi connectivity index (χ0v) is 7.57. The Hall–Kier alpha value is -0.890. The molecule has 2 fully saturated rings. The van der Waals surface area contributed by atoms with E-state index in [1.807, 2.05) is 18.3 Å². The fraction of sp³-hybridized carbons (Fsp3) is 0.545. The monoisotopic (exact) mass is 175 g/mol. The van der Waals surface area contributed by atoms with Crippen molar-refractivity contribution in [1.29, 1.82) is 0 Å². The summed E-state index contributed by atoms with van der Waals surface area (Å²) in [5.74, 6) is 0. The number of epoxide rings is 1. The minimum atomic E-state index is 0.0273. The lowest BCUT2D eigenvalue weighted by Crippen LogP contribution is -2.18. The summed E-state index contributed by atoms with van der Waals surface area (Å²) in [4.78, 5) is 4.39. The lowest BCUT2D eigenvalue weighted by molar-refractivity contribution is 0.284. The molecule has 0 aromatic carbocycles. The maximum Gasteiger partial charge on any atom is 0.136 e. The summed E-state index contributed by atoms with van der Waals surface area (Å²) >= 11 is 0. The quantitative estimate of drug-likeness (QED) is 0.612. The van der Waals surface area contributed by atoms with Crippen molar-refractivity contribution in [2.24, 2.45) is 0 Å². The average Bonchev–Trinajstić information content (AvgIpc) is 2.94. The molecule has 0 unspecified atom stereocenters. The predicted octanol–water partition coefficient (Wildman–Crippen LogP) is 2.25. The first-order valence-corrected chi connectivity index (χ1v) is 5.01. The molecule has 0 N–H and O–H groups in total. The van der Waals surface area contributed by atoms with E-state index in [4.69, 9.17) is 4.74 Å². The van der Waals surface area contributed by atoms with E-state index in [1.165, 1.54) is 19.3 Å². The van der Waals surface area contributed by atoms with E-state index in [-0.39, 0.29) is 5.60 Å². The van der Waals surface area contributed by atoms with Crippen molar-refractivity contribution in [3.8, 4) is 0 Å². The lowest BCUT2D eigenvalue weighted by atomic mass is 9.86. The highest BCUT2D eigenvalue weighted by atomic mass is 16.6. The minimum absolute atomic E-state index is 0.0273. The normalized spacial score (nSPS) is 36.8. The Morgan fingerprint density at radius 2 is 2.38 bits per heavy atom. The Morgan fingerprint density at radius 1 is 1.38 bits per heavy atom. The molecule has 0 spiro atoms. The molecule has 1 aliphatic heterocycles.